The summed E-state index contributed by atoms with van der Waals surface area (Å²) < 4.78 is 0. The van der Waals surface area contributed by atoms with E-state index < -0.39 is 0 Å². The maximum atomic E-state index is 10.5. The van der Waals surface area contributed by atoms with Crippen molar-refractivity contribution in [3.8, 4) is 0 Å². The van der Waals surface area contributed by atoms with Gasteiger partial charge in [-0.25, -0.2) is 0 Å². The van der Waals surface area contributed by atoms with Crippen LogP contribution in [-0.2, 0) is 6.42 Å². The Kier molecular flexibility index (Phi) is 3.80. The minimum atomic E-state index is -0.385. The van der Waals surface area contributed by atoms with Gasteiger partial charge in [0, 0.05) is 18.2 Å². The molecule has 0 fully saturated rings. The van der Waals surface area contributed by atoms with Gasteiger partial charge in [0.25, 0.3) is 5.69 Å². The fraction of sp³-hybridized carbons (Fsp3) is 0.455. The number of nitro groups is 1. The molecule has 1 rings (SSSR count). The molecule has 0 aliphatic heterocycles. The van der Waals surface area contributed by atoms with E-state index in [1.54, 1.807) is 12.1 Å². The number of rotatable bonds is 4. The van der Waals surface area contributed by atoms with Crippen LogP contribution in [0.15, 0.2) is 24.3 Å². The standard InChI is InChI=1S/C11H16N2O2/c1-8(2)11(12)7-9-4-3-5-10(6-9)13(14)15/h3-6,8,11H,7,12H2,1-2H3. The summed E-state index contributed by atoms with van der Waals surface area (Å²) in [6, 6.07) is 6.69. The predicted molar refractivity (Wildman–Crippen MR) is 59.6 cm³/mol. The van der Waals surface area contributed by atoms with Crippen LogP contribution in [-0.4, -0.2) is 11.0 Å². The Bertz CT molecular complexity index is 350. The number of hydrogen-bond acceptors (Lipinski definition) is 3. The van der Waals surface area contributed by atoms with Gasteiger partial charge in [0.1, 0.15) is 0 Å². The Hall–Kier alpha value is -1.42. The first-order chi connectivity index (χ1) is 7.00. The third-order valence-corrected chi connectivity index (χ3v) is 2.45. The van der Waals surface area contributed by atoms with Crippen molar-refractivity contribution in [2.75, 3.05) is 0 Å². The molecular formula is C11H16N2O2. The van der Waals surface area contributed by atoms with E-state index in [2.05, 4.69) is 0 Å². The van der Waals surface area contributed by atoms with E-state index in [1.165, 1.54) is 6.07 Å². The lowest BCUT2D eigenvalue weighted by Gasteiger charge is -2.15. The molecule has 15 heavy (non-hydrogen) atoms. The van der Waals surface area contributed by atoms with Gasteiger partial charge in [-0.3, -0.25) is 10.1 Å². The zero-order chi connectivity index (χ0) is 11.4. The number of nitro benzene ring substituents is 1. The third kappa shape index (κ3) is 3.32. The second-order valence-electron chi connectivity index (χ2n) is 4.04. The zero-order valence-electron chi connectivity index (χ0n) is 9.01. The lowest BCUT2D eigenvalue weighted by molar-refractivity contribution is -0.384. The van der Waals surface area contributed by atoms with Gasteiger partial charge in [0.15, 0.2) is 0 Å². The van der Waals surface area contributed by atoms with Gasteiger partial charge in [-0.2, -0.15) is 0 Å². The molecule has 0 heterocycles. The van der Waals surface area contributed by atoms with Gasteiger partial charge >= 0.3 is 0 Å². The average Bonchev–Trinajstić information content (AvgIpc) is 2.18. The van der Waals surface area contributed by atoms with Crippen LogP contribution in [0.25, 0.3) is 0 Å². The van der Waals surface area contributed by atoms with Crippen LogP contribution in [0.3, 0.4) is 0 Å². The molecule has 0 radical (unpaired) electrons. The summed E-state index contributed by atoms with van der Waals surface area (Å²) >= 11 is 0. The van der Waals surface area contributed by atoms with Crippen molar-refractivity contribution in [2.24, 2.45) is 11.7 Å². The first-order valence-corrected chi connectivity index (χ1v) is 4.99. The first kappa shape index (κ1) is 11.7. The first-order valence-electron chi connectivity index (χ1n) is 4.99. The van der Waals surface area contributed by atoms with Crippen molar-refractivity contribution in [3.63, 3.8) is 0 Å². The molecule has 1 unspecified atom stereocenters. The Balaban J connectivity index is 2.78. The van der Waals surface area contributed by atoms with Crippen LogP contribution in [0.5, 0.6) is 0 Å². The minimum Gasteiger partial charge on any atom is -0.327 e. The number of benzene rings is 1. The molecule has 4 heteroatoms. The van der Waals surface area contributed by atoms with Crippen LogP contribution in [0, 0.1) is 16.0 Å². The average molecular weight is 208 g/mol. The summed E-state index contributed by atoms with van der Waals surface area (Å²) in [6.45, 7) is 4.09. The highest BCUT2D eigenvalue weighted by atomic mass is 16.6. The van der Waals surface area contributed by atoms with Gasteiger partial charge in [-0.1, -0.05) is 26.0 Å². The van der Waals surface area contributed by atoms with Gasteiger partial charge in [0.05, 0.1) is 4.92 Å². The molecule has 1 atom stereocenters. The lowest BCUT2D eigenvalue weighted by Crippen LogP contribution is -2.28. The maximum absolute atomic E-state index is 10.5. The van der Waals surface area contributed by atoms with Gasteiger partial charge in [-0.15, -0.1) is 0 Å². The largest absolute Gasteiger partial charge is 0.327 e. The Morgan fingerprint density at radius 1 is 1.47 bits per heavy atom. The summed E-state index contributed by atoms with van der Waals surface area (Å²) in [7, 11) is 0. The van der Waals surface area contributed by atoms with E-state index in [0.29, 0.717) is 12.3 Å². The van der Waals surface area contributed by atoms with E-state index in [9.17, 15) is 10.1 Å². The van der Waals surface area contributed by atoms with Crippen LogP contribution in [0.4, 0.5) is 5.69 Å². The minimum absolute atomic E-state index is 0.0482. The van der Waals surface area contributed by atoms with Crippen LogP contribution in [0.2, 0.25) is 0 Å². The smallest absolute Gasteiger partial charge is 0.269 e. The molecular weight excluding hydrogens is 192 g/mol. The van der Waals surface area contributed by atoms with Crippen LogP contribution < -0.4 is 5.73 Å². The van der Waals surface area contributed by atoms with Crippen molar-refractivity contribution >= 4 is 5.69 Å². The van der Waals surface area contributed by atoms with Crippen molar-refractivity contribution in [3.05, 3.63) is 39.9 Å². The SMILES string of the molecule is CC(C)C(N)Cc1cccc([N+](=O)[O-])c1. The molecule has 82 valence electrons. The van der Waals surface area contributed by atoms with Crippen molar-refractivity contribution in [1.82, 2.24) is 0 Å². The van der Waals surface area contributed by atoms with E-state index in [-0.39, 0.29) is 16.7 Å². The highest BCUT2D eigenvalue weighted by molar-refractivity contribution is 5.34. The molecule has 0 saturated heterocycles. The topological polar surface area (TPSA) is 69.2 Å². The Morgan fingerprint density at radius 3 is 2.67 bits per heavy atom. The second-order valence-corrected chi connectivity index (χ2v) is 4.04. The van der Waals surface area contributed by atoms with Gasteiger partial charge in [0.2, 0.25) is 0 Å². The predicted octanol–water partition coefficient (Wildman–Crippen LogP) is 2.12. The van der Waals surface area contributed by atoms with Crippen molar-refractivity contribution in [1.29, 1.82) is 0 Å². The molecule has 0 bridgehead atoms. The summed E-state index contributed by atoms with van der Waals surface area (Å²) in [4.78, 5) is 10.2. The lowest BCUT2D eigenvalue weighted by atomic mass is 9.97. The summed E-state index contributed by atoms with van der Waals surface area (Å²) in [5.74, 6) is 0.379. The maximum Gasteiger partial charge on any atom is 0.269 e. The van der Waals surface area contributed by atoms with E-state index in [4.69, 9.17) is 5.73 Å². The monoisotopic (exact) mass is 208 g/mol. The number of nitrogens with two attached hydrogens (primary N) is 1. The highest BCUT2D eigenvalue weighted by Crippen LogP contribution is 2.15. The zero-order valence-corrected chi connectivity index (χ0v) is 9.01. The fourth-order valence-corrected chi connectivity index (χ4v) is 1.30. The van der Waals surface area contributed by atoms with Crippen molar-refractivity contribution < 1.29 is 4.92 Å². The van der Waals surface area contributed by atoms with Gasteiger partial charge in [-0.05, 0) is 17.9 Å². The molecule has 0 aliphatic carbocycles. The van der Waals surface area contributed by atoms with Crippen LogP contribution in [0.1, 0.15) is 19.4 Å². The summed E-state index contributed by atoms with van der Waals surface area (Å²) in [5, 5.41) is 10.5. The molecule has 2 N–H and O–H groups in total. The van der Waals surface area contributed by atoms with E-state index >= 15 is 0 Å². The van der Waals surface area contributed by atoms with E-state index in [1.807, 2.05) is 19.9 Å². The molecule has 0 aromatic heterocycles. The molecule has 0 amide bonds. The third-order valence-electron chi connectivity index (χ3n) is 2.45. The second kappa shape index (κ2) is 4.89. The molecule has 0 aliphatic rings. The van der Waals surface area contributed by atoms with Gasteiger partial charge < -0.3 is 5.73 Å². The molecule has 4 nitrogen and oxygen atoms in total. The summed E-state index contributed by atoms with van der Waals surface area (Å²) in [5.41, 5.74) is 6.95. The number of nitrogens with zero attached hydrogens (tertiary/aromatic N) is 1. The Labute approximate surface area is 89.2 Å². The van der Waals surface area contributed by atoms with Crippen molar-refractivity contribution in [2.45, 2.75) is 26.3 Å². The summed E-state index contributed by atoms with van der Waals surface area (Å²) in [6.07, 6.45) is 0.680. The number of non-ortho nitro benzene ring substituents is 1. The molecule has 1 aromatic carbocycles. The molecule has 0 spiro atoms. The fourth-order valence-electron chi connectivity index (χ4n) is 1.30. The Morgan fingerprint density at radius 2 is 2.13 bits per heavy atom. The number of hydrogen-bond donors (Lipinski definition) is 1. The molecule has 1 aromatic rings. The van der Waals surface area contributed by atoms with E-state index in [0.717, 1.165) is 5.56 Å². The quantitative estimate of drug-likeness (QED) is 0.608. The van der Waals surface area contributed by atoms with Crippen LogP contribution >= 0.6 is 0 Å². The highest BCUT2D eigenvalue weighted by Gasteiger charge is 2.11. The normalized spacial score (nSPS) is 12.8. The molecule has 0 saturated carbocycles.